The van der Waals surface area contributed by atoms with Crippen molar-refractivity contribution in [2.45, 2.75) is 64.1 Å². The fourth-order valence-corrected chi connectivity index (χ4v) is 4.94. The molecule has 20 heavy (non-hydrogen) atoms. The van der Waals surface area contributed by atoms with E-state index in [1.54, 1.807) is 11.3 Å². The number of aliphatic hydroxyl groups is 1. The van der Waals surface area contributed by atoms with E-state index >= 15 is 0 Å². The zero-order valence-electron chi connectivity index (χ0n) is 12.7. The second-order valence-electron chi connectivity index (χ2n) is 7.01. The van der Waals surface area contributed by atoms with E-state index in [2.05, 4.69) is 31.2 Å². The van der Waals surface area contributed by atoms with Gasteiger partial charge < -0.3 is 5.11 Å². The Labute approximate surface area is 126 Å². The van der Waals surface area contributed by atoms with Crippen molar-refractivity contribution in [1.29, 1.82) is 0 Å². The summed E-state index contributed by atoms with van der Waals surface area (Å²) in [5.74, 6) is 2.05. The number of fused-ring (bicyclic) bond motifs is 1. The van der Waals surface area contributed by atoms with Crippen LogP contribution in [-0.2, 0) is 6.54 Å². The molecule has 0 aromatic carbocycles. The molecule has 2 saturated carbocycles. The largest absolute Gasteiger partial charge is 0.393 e. The highest BCUT2D eigenvalue weighted by atomic mass is 32.1. The highest BCUT2D eigenvalue weighted by Crippen LogP contribution is 2.45. The van der Waals surface area contributed by atoms with Gasteiger partial charge in [-0.15, -0.1) is 11.3 Å². The molecule has 4 heteroatoms. The molecule has 0 saturated heterocycles. The Hall–Kier alpha value is -0.450. The lowest BCUT2D eigenvalue weighted by molar-refractivity contribution is 0.158. The van der Waals surface area contributed by atoms with Gasteiger partial charge in [-0.1, -0.05) is 13.8 Å². The molecule has 0 aliphatic heterocycles. The van der Waals surface area contributed by atoms with Crippen LogP contribution < -0.4 is 0 Å². The lowest BCUT2D eigenvalue weighted by Crippen LogP contribution is -2.29. The molecule has 4 atom stereocenters. The maximum Gasteiger partial charge on any atom is 0.107 e. The van der Waals surface area contributed by atoms with E-state index in [-0.39, 0.29) is 6.10 Å². The van der Waals surface area contributed by atoms with Crippen LogP contribution in [0.15, 0.2) is 5.38 Å². The first-order chi connectivity index (χ1) is 9.52. The maximum atomic E-state index is 9.73. The number of hydrogen-bond acceptors (Lipinski definition) is 4. The smallest absolute Gasteiger partial charge is 0.107 e. The number of aliphatic hydroxyl groups excluding tert-OH is 1. The Bertz CT molecular complexity index is 445. The van der Waals surface area contributed by atoms with E-state index in [0.29, 0.717) is 12.0 Å². The van der Waals surface area contributed by atoms with E-state index in [1.807, 2.05) is 0 Å². The van der Waals surface area contributed by atoms with Gasteiger partial charge >= 0.3 is 0 Å². The first-order valence-electron chi connectivity index (χ1n) is 7.85. The quantitative estimate of drug-likeness (QED) is 0.926. The molecule has 112 valence electrons. The SMILES string of the molecule is CC(C)c1csc(CN(C)C2C[C@H]3CC(O)C[C@H]3C2)n1. The van der Waals surface area contributed by atoms with Crippen LogP contribution in [0.25, 0.3) is 0 Å². The second-order valence-corrected chi connectivity index (χ2v) is 7.95. The van der Waals surface area contributed by atoms with Gasteiger partial charge in [0.15, 0.2) is 0 Å². The number of thiazole rings is 1. The monoisotopic (exact) mass is 294 g/mol. The highest BCUT2D eigenvalue weighted by molar-refractivity contribution is 7.09. The minimum Gasteiger partial charge on any atom is -0.393 e. The van der Waals surface area contributed by atoms with Crippen molar-refractivity contribution in [2.24, 2.45) is 11.8 Å². The molecular weight excluding hydrogens is 268 g/mol. The summed E-state index contributed by atoms with van der Waals surface area (Å²) in [6, 6.07) is 0.684. The number of nitrogens with zero attached hydrogens (tertiary/aromatic N) is 2. The van der Waals surface area contributed by atoms with E-state index in [4.69, 9.17) is 4.98 Å². The van der Waals surface area contributed by atoms with Gasteiger partial charge in [0.2, 0.25) is 0 Å². The second kappa shape index (κ2) is 5.74. The molecule has 1 N–H and O–H groups in total. The topological polar surface area (TPSA) is 36.4 Å². The Morgan fingerprint density at radius 1 is 1.30 bits per heavy atom. The van der Waals surface area contributed by atoms with Crippen molar-refractivity contribution in [3.8, 4) is 0 Å². The highest BCUT2D eigenvalue weighted by Gasteiger charge is 2.42. The van der Waals surface area contributed by atoms with Gasteiger partial charge in [0.05, 0.1) is 18.3 Å². The van der Waals surface area contributed by atoms with Gasteiger partial charge in [0.25, 0.3) is 0 Å². The van der Waals surface area contributed by atoms with Crippen LogP contribution in [0.4, 0.5) is 0 Å². The summed E-state index contributed by atoms with van der Waals surface area (Å²) in [6.45, 7) is 5.38. The standard InChI is InChI=1S/C16H26N2OS/c1-10(2)15-9-20-16(17-15)8-18(3)13-4-11-6-14(19)7-12(11)5-13/h9-14,19H,4-8H2,1-3H3/t11-,12+,13?,14?. The summed E-state index contributed by atoms with van der Waals surface area (Å²) >= 11 is 1.79. The Morgan fingerprint density at radius 3 is 2.50 bits per heavy atom. The predicted molar refractivity (Wildman–Crippen MR) is 82.9 cm³/mol. The normalized spacial score (nSPS) is 33.3. The molecule has 3 nitrogen and oxygen atoms in total. The van der Waals surface area contributed by atoms with E-state index in [0.717, 1.165) is 31.2 Å². The fraction of sp³-hybridized carbons (Fsp3) is 0.812. The average molecular weight is 294 g/mol. The number of aromatic nitrogens is 1. The van der Waals surface area contributed by atoms with Crippen molar-refractivity contribution in [3.63, 3.8) is 0 Å². The molecule has 3 rings (SSSR count). The summed E-state index contributed by atoms with van der Waals surface area (Å²) in [5, 5.41) is 13.2. The van der Waals surface area contributed by atoms with Gasteiger partial charge in [-0.2, -0.15) is 0 Å². The lowest BCUT2D eigenvalue weighted by Gasteiger charge is -2.24. The number of hydrogen-bond donors (Lipinski definition) is 1. The molecule has 0 amide bonds. The van der Waals surface area contributed by atoms with Crippen LogP contribution in [0.2, 0.25) is 0 Å². The van der Waals surface area contributed by atoms with Crippen molar-refractivity contribution < 1.29 is 5.11 Å². The lowest BCUT2D eigenvalue weighted by atomic mass is 10.0. The molecule has 2 unspecified atom stereocenters. The first-order valence-corrected chi connectivity index (χ1v) is 8.73. The average Bonchev–Trinajstić information content (AvgIpc) is 3.02. The van der Waals surface area contributed by atoms with Crippen LogP contribution in [0, 0.1) is 11.8 Å². The molecule has 2 fully saturated rings. The molecule has 1 heterocycles. The molecular formula is C16H26N2OS. The van der Waals surface area contributed by atoms with E-state index in [9.17, 15) is 5.11 Å². The van der Waals surface area contributed by atoms with Crippen LogP contribution >= 0.6 is 11.3 Å². The number of rotatable bonds is 4. The minimum absolute atomic E-state index is 0.0242. The van der Waals surface area contributed by atoms with Crippen molar-refractivity contribution in [2.75, 3.05) is 7.05 Å². The summed E-state index contributed by atoms with van der Waals surface area (Å²) in [7, 11) is 2.23. The third kappa shape index (κ3) is 2.92. The summed E-state index contributed by atoms with van der Waals surface area (Å²) in [6.07, 6.45) is 4.57. The van der Waals surface area contributed by atoms with Crippen LogP contribution in [-0.4, -0.2) is 34.2 Å². The van der Waals surface area contributed by atoms with E-state index < -0.39 is 0 Å². The molecule has 1 aromatic heterocycles. The van der Waals surface area contributed by atoms with Gasteiger partial charge in [-0.05, 0) is 50.5 Å². The predicted octanol–water partition coefficient (Wildman–Crippen LogP) is 3.25. The molecule has 2 aliphatic rings. The summed E-state index contributed by atoms with van der Waals surface area (Å²) in [4.78, 5) is 7.22. The van der Waals surface area contributed by atoms with Crippen LogP contribution in [0.1, 0.15) is 56.2 Å². The molecule has 2 aliphatic carbocycles. The first kappa shape index (κ1) is 14.5. The van der Waals surface area contributed by atoms with Crippen molar-refractivity contribution in [3.05, 3.63) is 16.1 Å². The Kier molecular flexibility index (Phi) is 4.16. The van der Waals surface area contributed by atoms with Gasteiger partial charge in [-0.25, -0.2) is 4.98 Å². The minimum atomic E-state index is -0.0242. The van der Waals surface area contributed by atoms with E-state index in [1.165, 1.54) is 23.5 Å². The zero-order valence-corrected chi connectivity index (χ0v) is 13.6. The van der Waals surface area contributed by atoms with Gasteiger partial charge in [-0.3, -0.25) is 4.90 Å². The summed E-state index contributed by atoms with van der Waals surface area (Å²) in [5.41, 5.74) is 1.23. The third-order valence-electron chi connectivity index (χ3n) is 5.14. The third-order valence-corrected chi connectivity index (χ3v) is 5.99. The van der Waals surface area contributed by atoms with Crippen LogP contribution in [0.5, 0.6) is 0 Å². The van der Waals surface area contributed by atoms with Gasteiger partial charge in [0, 0.05) is 11.4 Å². The Balaban J connectivity index is 1.56. The molecule has 0 spiro atoms. The fourth-order valence-electron chi connectivity index (χ4n) is 3.92. The maximum absolute atomic E-state index is 9.73. The molecule has 0 radical (unpaired) electrons. The van der Waals surface area contributed by atoms with Crippen molar-refractivity contribution >= 4 is 11.3 Å². The molecule has 1 aromatic rings. The van der Waals surface area contributed by atoms with Crippen molar-refractivity contribution in [1.82, 2.24) is 9.88 Å². The zero-order chi connectivity index (χ0) is 14.3. The van der Waals surface area contributed by atoms with Crippen LogP contribution in [0.3, 0.4) is 0 Å². The van der Waals surface area contributed by atoms with Gasteiger partial charge in [0.1, 0.15) is 5.01 Å². The Morgan fingerprint density at radius 2 is 1.95 bits per heavy atom. The molecule has 0 bridgehead atoms. The summed E-state index contributed by atoms with van der Waals surface area (Å²) < 4.78 is 0.